The number of nitrogens with zero attached hydrogens (tertiary/aromatic N) is 1. The van der Waals surface area contributed by atoms with Gasteiger partial charge in [-0.2, -0.15) is 0 Å². The van der Waals surface area contributed by atoms with E-state index in [2.05, 4.69) is 17.2 Å². The monoisotopic (exact) mass is 380 g/mol. The van der Waals surface area contributed by atoms with Crippen molar-refractivity contribution in [3.8, 4) is 11.8 Å². The SMILES string of the molecule is O=C(Nc1ccc(N2CCCC2=O)cc1)c1ccc(C#Cc2ccccc2)cc1. The van der Waals surface area contributed by atoms with Crippen molar-refractivity contribution in [1.29, 1.82) is 0 Å². The van der Waals surface area contributed by atoms with Crippen LogP contribution >= 0.6 is 0 Å². The predicted octanol–water partition coefficient (Wildman–Crippen LogP) is 4.47. The summed E-state index contributed by atoms with van der Waals surface area (Å²) in [5, 5.41) is 2.89. The Bertz CT molecular complexity index is 1080. The summed E-state index contributed by atoms with van der Waals surface area (Å²) >= 11 is 0. The minimum absolute atomic E-state index is 0.150. The minimum Gasteiger partial charge on any atom is -0.322 e. The van der Waals surface area contributed by atoms with Gasteiger partial charge in [0.25, 0.3) is 5.91 Å². The molecule has 0 bridgehead atoms. The molecule has 3 aromatic carbocycles. The van der Waals surface area contributed by atoms with E-state index in [0.717, 1.165) is 29.8 Å². The molecule has 1 saturated heterocycles. The van der Waals surface area contributed by atoms with E-state index in [4.69, 9.17) is 0 Å². The van der Waals surface area contributed by atoms with Gasteiger partial charge in [0.2, 0.25) is 5.91 Å². The van der Waals surface area contributed by atoms with Gasteiger partial charge < -0.3 is 10.2 Å². The van der Waals surface area contributed by atoms with Crippen molar-refractivity contribution in [2.75, 3.05) is 16.8 Å². The first-order valence-electron chi connectivity index (χ1n) is 9.58. The van der Waals surface area contributed by atoms with E-state index >= 15 is 0 Å². The third-order valence-corrected chi connectivity index (χ3v) is 4.78. The first-order valence-corrected chi connectivity index (χ1v) is 9.58. The zero-order valence-corrected chi connectivity index (χ0v) is 15.9. The van der Waals surface area contributed by atoms with Gasteiger partial charge in [-0.3, -0.25) is 9.59 Å². The van der Waals surface area contributed by atoms with Crippen LogP contribution in [0.5, 0.6) is 0 Å². The predicted molar refractivity (Wildman–Crippen MR) is 115 cm³/mol. The van der Waals surface area contributed by atoms with Crippen LogP contribution in [-0.4, -0.2) is 18.4 Å². The number of hydrogen-bond donors (Lipinski definition) is 1. The molecule has 0 aromatic heterocycles. The van der Waals surface area contributed by atoms with Crippen molar-refractivity contribution >= 4 is 23.2 Å². The zero-order valence-electron chi connectivity index (χ0n) is 15.9. The van der Waals surface area contributed by atoms with Gasteiger partial charge in [0, 0.05) is 41.0 Å². The number of nitrogens with one attached hydrogen (secondary N) is 1. The summed E-state index contributed by atoms with van der Waals surface area (Å²) < 4.78 is 0. The van der Waals surface area contributed by atoms with Gasteiger partial charge in [0.15, 0.2) is 0 Å². The van der Waals surface area contributed by atoms with Gasteiger partial charge >= 0.3 is 0 Å². The summed E-state index contributed by atoms with van der Waals surface area (Å²) in [5.74, 6) is 6.17. The molecule has 2 amide bonds. The third-order valence-electron chi connectivity index (χ3n) is 4.78. The second-order valence-corrected chi connectivity index (χ2v) is 6.84. The fourth-order valence-electron chi connectivity index (χ4n) is 3.22. The van der Waals surface area contributed by atoms with E-state index < -0.39 is 0 Å². The lowest BCUT2D eigenvalue weighted by Crippen LogP contribution is -2.23. The summed E-state index contributed by atoms with van der Waals surface area (Å²) in [5.41, 5.74) is 3.93. The summed E-state index contributed by atoms with van der Waals surface area (Å²) in [4.78, 5) is 26.1. The number of anilines is 2. The van der Waals surface area contributed by atoms with E-state index in [1.54, 1.807) is 17.0 Å². The third kappa shape index (κ3) is 4.53. The van der Waals surface area contributed by atoms with Crippen LogP contribution in [0, 0.1) is 11.8 Å². The smallest absolute Gasteiger partial charge is 0.255 e. The second kappa shape index (κ2) is 8.45. The van der Waals surface area contributed by atoms with E-state index in [0.29, 0.717) is 17.7 Å². The number of amides is 2. The summed E-state index contributed by atoms with van der Waals surface area (Å²) in [6, 6.07) is 24.3. The largest absolute Gasteiger partial charge is 0.322 e. The van der Waals surface area contributed by atoms with E-state index in [1.807, 2.05) is 66.7 Å². The Balaban J connectivity index is 1.40. The van der Waals surface area contributed by atoms with Crippen LogP contribution in [0.4, 0.5) is 11.4 Å². The topological polar surface area (TPSA) is 49.4 Å². The van der Waals surface area contributed by atoms with Gasteiger partial charge in [-0.05, 0) is 67.1 Å². The number of carbonyl (C=O) groups is 2. The lowest BCUT2D eigenvalue weighted by atomic mass is 10.1. The maximum atomic E-state index is 12.5. The van der Waals surface area contributed by atoms with Crippen LogP contribution in [0.1, 0.15) is 34.3 Å². The average Bonchev–Trinajstić information content (AvgIpc) is 3.20. The van der Waals surface area contributed by atoms with Gasteiger partial charge in [-0.1, -0.05) is 30.0 Å². The molecule has 1 N–H and O–H groups in total. The molecule has 29 heavy (non-hydrogen) atoms. The molecular formula is C25H20N2O2. The van der Waals surface area contributed by atoms with Crippen molar-refractivity contribution < 1.29 is 9.59 Å². The Morgan fingerprint density at radius 2 is 1.48 bits per heavy atom. The van der Waals surface area contributed by atoms with Crippen LogP contribution < -0.4 is 10.2 Å². The fraction of sp³-hybridized carbons (Fsp3) is 0.120. The highest BCUT2D eigenvalue weighted by molar-refractivity contribution is 6.04. The highest BCUT2D eigenvalue weighted by Crippen LogP contribution is 2.23. The Kier molecular flexibility index (Phi) is 5.40. The molecule has 0 saturated carbocycles. The molecule has 0 aliphatic carbocycles. The summed E-state index contributed by atoms with van der Waals surface area (Å²) in [6.45, 7) is 0.754. The van der Waals surface area contributed by atoms with Crippen molar-refractivity contribution in [3.05, 3.63) is 95.6 Å². The Morgan fingerprint density at radius 1 is 0.828 bits per heavy atom. The van der Waals surface area contributed by atoms with Gasteiger partial charge in [0.1, 0.15) is 0 Å². The second-order valence-electron chi connectivity index (χ2n) is 6.84. The molecule has 4 nitrogen and oxygen atoms in total. The first kappa shape index (κ1) is 18.5. The lowest BCUT2D eigenvalue weighted by Gasteiger charge is -2.16. The maximum Gasteiger partial charge on any atom is 0.255 e. The maximum absolute atomic E-state index is 12.5. The van der Waals surface area contributed by atoms with Gasteiger partial charge in [-0.15, -0.1) is 0 Å². The highest BCUT2D eigenvalue weighted by Gasteiger charge is 2.21. The summed E-state index contributed by atoms with van der Waals surface area (Å²) in [6.07, 6.45) is 1.49. The standard InChI is InChI=1S/C25H20N2O2/c28-24-7-4-18-27(24)23-16-14-22(15-17-23)26-25(29)21-12-10-20(11-13-21)9-8-19-5-2-1-3-6-19/h1-3,5-6,10-17H,4,7,18H2,(H,26,29). The Morgan fingerprint density at radius 3 is 2.10 bits per heavy atom. The lowest BCUT2D eigenvalue weighted by molar-refractivity contribution is -0.117. The van der Waals surface area contributed by atoms with Crippen LogP contribution in [0.15, 0.2) is 78.9 Å². The molecule has 4 rings (SSSR count). The van der Waals surface area contributed by atoms with Crippen LogP contribution in [0.3, 0.4) is 0 Å². The van der Waals surface area contributed by atoms with Crippen molar-refractivity contribution in [1.82, 2.24) is 0 Å². The first-order chi connectivity index (χ1) is 14.2. The zero-order chi connectivity index (χ0) is 20.1. The Hall–Kier alpha value is -3.84. The van der Waals surface area contributed by atoms with Crippen molar-refractivity contribution in [2.24, 2.45) is 0 Å². The number of carbonyl (C=O) groups excluding carboxylic acids is 2. The molecule has 1 heterocycles. The van der Waals surface area contributed by atoms with E-state index in [-0.39, 0.29) is 11.8 Å². The van der Waals surface area contributed by atoms with Crippen LogP contribution in [0.2, 0.25) is 0 Å². The van der Waals surface area contributed by atoms with Crippen molar-refractivity contribution in [2.45, 2.75) is 12.8 Å². The molecule has 0 radical (unpaired) electrons. The molecule has 4 heteroatoms. The minimum atomic E-state index is -0.183. The number of hydrogen-bond acceptors (Lipinski definition) is 2. The quantitative estimate of drug-likeness (QED) is 0.682. The average molecular weight is 380 g/mol. The number of rotatable bonds is 3. The molecule has 1 fully saturated rings. The van der Waals surface area contributed by atoms with Gasteiger partial charge in [0.05, 0.1) is 0 Å². The molecule has 0 atom stereocenters. The molecule has 1 aliphatic heterocycles. The fourth-order valence-corrected chi connectivity index (χ4v) is 3.22. The molecular weight excluding hydrogens is 360 g/mol. The molecule has 3 aromatic rings. The molecule has 0 spiro atoms. The number of benzene rings is 3. The highest BCUT2D eigenvalue weighted by atomic mass is 16.2. The van der Waals surface area contributed by atoms with Gasteiger partial charge in [-0.25, -0.2) is 0 Å². The Labute approximate surface area is 170 Å². The normalized spacial score (nSPS) is 13.0. The van der Waals surface area contributed by atoms with E-state index in [1.165, 1.54) is 0 Å². The molecule has 0 unspecified atom stereocenters. The van der Waals surface area contributed by atoms with Crippen molar-refractivity contribution in [3.63, 3.8) is 0 Å². The molecule has 142 valence electrons. The van der Waals surface area contributed by atoms with Crippen LogP contribution in [0.25, 0.3) is 0 Å². The molecule has 1 aliphatic rings. The summed E-state index contributed by atoms with van der Waals surface area (Å²) in [7, 11) is 0. The van der Waals surface area contributed by atoms with E-state index in [9.17, 15) is 9.59 Å². The van der Waals surface area contributed by atoms with Crippen LogP contribution in [-0.2, 0) is 4.79 Å².